The summed E-state index contributed by atoms with van der Waals surface area (Å²) in [5.41, 5.74) is 5.22. The summed E-state index contributed by atoms with van der Waals surface area (Å²) in [5, 5.41) is 1.61. The third kappa shape index (κ3) is 14.7. The van der Waals surface area contributed by atoms with Gasteiger partial charge in [-0.15, -0.1) is 0 Å². The second-order valence-corrected chi connectivity index (χ2v) is 19.4. The Bertz CT molecular complexity index is 2530. The molecule has 8 nitrogen and oxygen atoms in total. The Morgan fingerprint density at radius 3 is 1.61 bits per heavy atom. The van der Waals surface area contributed by atoms with Crippen molar-refractivity contribution in [2.75, 3.05) is 32.2 Å². The molecule has 0 unspecified atom stereocenters. The van der Waals surface area contributed by atoms with E-state index in [0.717, 1.165) is 57.7 Å². The molecule has 4 aromatic carbocycles. The molecule has 0 radical (unpaired) electrons. The molecule has 0 saturated carbocycles. The lowest BCUT2D eigenvalue weighted by Crippen LogP contribution is -2.21. The maximum Gasteiger partial charge on any atom is 0.295 e. The van der Waals surface area contributed by atoms with Gasteiger partial charge >= 0.3 is 0 Å². The van der Waals surface area contributed by atoms with E-state index in [1.165, 1.54) is 122 Å². The predicted molar refractivity (Wildman–Crippen MR) is 275 cm³/mol. The second-order valence-electron chi connectivity index (χ2n) is 18.0. The number of hydrogen-bond acceptors (Lipinski definition) is 6. The van der Waals surface area contributed by atoms with Crippen LogP contribution < -0.4 is 24.3 Å². The van der Waals surface area contributed by atoms with Crippen molar-refractivity contribution < 1.29 is 26.9 Å². The zero-order chi connectivity index (χ0) is 46.6. The van der Waals surface area contributed by atoms with Crippen molar-refractivity contribution in [1.29, 1.82) is 0 Å². The van der Waals surface area contributed by atoms with Gasteiger partial charge in [-0.2, -0.15) is 13.0 Å². The predicted octanol–water partition coefficient (Wildman–Crippen LogP) is 15.6. The van der Waals surface area contributed by atoms with Gasteiger partial charge in [0, 0.05) is 64.8 Å². The van der Waals surface area contributed by atoms with E-state index >= 15 is 0 Å². The summed E-state index contributed by atoms with van der Waals surface area (Å²) in [6.07, 6.45) is 25.9. The van der Waals surface area contributed by atoms with E-state index < -0.39 is 10.1 Å². The van der Waals surface area contributed by atoms with Gasteiger partial charge in [0.05, 0.1) is 19.3 Å². The third-order valence-corrected chi connectivity index (χ3v) is 13.8. The minimum Gasteiger partial charge on any atom is -0.494 e. The van der Waals surface area contributed by atoms with E-state index in [1.54, 1.807) is 18.2 Å². The molecule has 0 saturated heterocycles. The SMILES string of the molecule is CCCCCCCCCCCCOc1ccc(N(C)c2ccc3c(-c4ccccc4S(=O)(=O)O)c4ccc(=[N+](C)c5ccc(OCCCCCCCCCCCC)cc5)cc-4oc3c2)cc1. The molecule has 2 aliphatic rings. The molecule has 0 amide bonds. The van der Waals surface area contributed by atoms with Gasteiger partial charge < -0.3 is 18.8 Å². The molecule has 1 aliphatic heterocycles. The Balaban J connectivity index is 1.17. The molecule has 0 spiro atoms. The van der Waals surface area contributed by atoms with Gasteiger partial charge in [0.1, 0.15) is 34.8 Å². The van der Waals surface area contributed by atoms with Crippen LogP contribution in [-0.4, -0.2) is 40.3 Å². The van der Waals surface area contributed by atoms with Crippen LogP contribution in [-0.2, 0) is 10.1 Å². The highest BCUT2D eigenvalue weighted by atomic mass is 32.2. The standard InChI is InChI=1S/C57H74N2O6S/c1-5-7-9-11-13-15-17-19-21-25-41-63-49-35-29-45(30-36-49)58(3)47-33-39-51-54(43-47)65-55-44-48(34-40-52(55)57(51)53-27-23-24-28-56(53)66(60,61)62)59(4)46-31-37-50(38-32-46)64-42-26-22-20-18-16-14-12-10-8-6-2/h23-24,27-40,43-44H,5-22,25-26,41-42H2,1-4H3/p+1. The summed E-state index contributed by atoms with van der Waals surface area (Å²) in [5.74, 6) is 2.29. The fourth-order valence-corrected chi connectivity index (χ4v) is 9.56. The maximum atomic E-state index is 12.8. The van der Waals surface area contributed by atoms with Crippen LogP contribution in [0.4, 0.5) is 17.1 Å². The van der Waals surface area contributed by atoms with Gasteiger partial charge in [0.25, 0.3) is 10.1 Å². The normalized spacial score (nSPS) is 12.2. The topological polar surface area (TPSA) is 92.2 Å². The van der Waals surface area contributed by atoms with E-state index in [0.29, 0.717) is 35.7 Å². The lowest BCUT2D eigenvalue weighted by atomic mass is 9.93. The quantitative estimate of drug-likeness (QED) is 0.0217. The molecule has 9 heteroatoms. The van der Waals surface area contributed by atoms with Gasteiger partial charge in [-0.25, -0.2) is 0 Å². The van der Waals surface area contributed by atoms with E-state index in [-0.39, 0.29) is 4.90 Å². The van der Waals surface area contributed by atoms with Crippen molar-refractivity contribution in [3.8, 4) is 33.9 Å². The molecule has 66 heavy (non-hydrogen) atoms. The van der Waals surface area contributed by atoms with E-state index in [9.17, 15) is 13.0 Å². The number of nitrogens with zero attached hydrogens (tertiary/aromatic N) is 2. The zero-order valence-corrected chi connectivity index (χ0v) is 41.1. The molecule has 0 aromatic heterocycles. The molecule has 0 fully saturated rings. The molecular weight excluding hydrogens is 841 g/mol. The van der Waals surface area contributed by atoms with Crippen LogP contribution in [0.1, 0.15) is 142 Å². The molecule has 0 bridgehead atoms. The van der Waals surface area contributed by atoms with E-state index in [2.05, 4.69) is 47.6 Å². The maximum absolute atomic E-state index is 12.8. The van der Waals surface area contributed by atoms with Crippen LogP contribution in [0.2, 0.25) is 0 Å². The highest BCUT2D eigenvalue weighted by Gasteiger charge is 2.24. The summed E-state index contributed by atoms with van der Waals surface area (Å²) >= 11 is 0. The summed E-state index contributed by atoms with van der Waals surface area (Å²) in [6.45, 7) is 5.96. The van der Waals surface area contributed by atoms with Crippen molar-refractivity contribution in [1.82, 2.24) is 4.58 Å². The summed E-state index contributed by atoms with van der Waals surface area (Å²) in [6, 6.07) is 34.8. The van der Waals surface area contributed by atoms with Gasteiger partial charge in [-0.05, 0) is 73.5 Å². The Kier molecular flexibility index (Phi) is 20.0. The number of rotatable bonds is 29. The average Bonchev–Trinajstić information content (AvgIpc) is 3.33. The van der Waals surface area contributed by atoms with E-state index in [4.69, 9.17) is 13.9 Å². The van der Waals surface area contributed by atoms with Crippen molar-refractivity contribution in [2.24, 2.45) is 0 Å². The first-order valence-electron chi connectivity index (χ1n) is 25.0. The molecule has 6 rings (SSSR count). The fourth-order valence-electron chi connectivity index (χ4n) is 8.86. The fraction of sp³-hybridized carbons (Fsp3) is 0.456. The third-order valence-electron chi connectivity index (χ3n) is 12.9. The first-order chi connectivity index (χ1) is 32.2. The molecule has 1 aliphatic carbocycles. The highest BCUT2D eigenvalue weighted by Crippen LogP contribution is 2.43. The van der Waals surface area contributed by atoms with Crippen molar-refractivity contribution in [3.63, 3.8) is 0 Å². The zero-order valence-electron chi connectivity index (χ0n) is 40.2. The van der Waals surface area contributed by atoms with Gasteiger partial charge in [0.2, 0.25) is 11.0 Å². The summed E-state index contributed by atoms with van der Waals surface area (Å²) in [7, 11) is -0.518. The molecule has 4 aromatic rings. The Labute approximate surface area is 395 Å². The number of anilines is 2. The highest BCUT2D eigenvalue weighted by molar-refractivity contribution is 7.86. The lowest BCUT2D eigenvalue weighted by Gasteiger charge is -2.22. The Hall–Kier alpha value is -5.12. The van der Waals surface area contributed by atoms with Crippen molar-refractivity contribution in [2.45, 2.75) is 147 Å². The minimum absolute atomic E-state index is 0.160. The van der Waals surface area contributed by atoms with Crippen LogP contribution >= 0.6 is 0 Å². The second kappa shape index (κ2) is 26.3. The number of benzene rings is 5. The molecule has 1 heterocycles. The number of ether oxygens (including phenoxy) is 2. The average molecular weight is 916 g/mol. The number of unbranched alkanes of at least 4 members (excludes halogenated alkanes) is 18. The van der Waals surface area contributed by atoms with Crippen molar-refractivity contribution in [3.05, 3.63) is 115 Å². The molecular formula is C57H75N2O6S+. The first-order valence-corrected chi connectivity index (χ1v) is 26.5. The van der Waals surface area contributed by atoms with Crippen molar-refractivity contribution >= 4 is 38.1 Å². The number of hydrogen-bond donors (Lipinski definition) is 1. The van der Waals surface area contributed by atoms with Crippen LogP contribution in [0.5, 0.6) is 11.5 Å². The van der Waals surface area contributed by atoms with Crippen LogP contribution in [0, 0.1) is 0 Å². The van der Waals surface area contributed by atoms with Gasteiger partial charge in [0.15, 0.2) is 0 Å². The largest absolute Gasteiger partial charge is 0.494 e. The van der Waals surface area contributed by atoms with Crippen LogP contribution in [0.25, 0.3) is 33.4 Å². The molecule has 0 atom stereocenters. The van der Waals surface area contributed by atoms with Crippen LogP contribution in [0.3, 0.4) is 0 Å². The Morgan fingerprint density at radius 1 is 0.561 bits per heavy atom. The Morgan fingerprint density at radius 2 is 1.06 bits per heavy atom. The summed E-state index contributed by atoms with van der Waals surface area (Å²) in [4.78, 5) is 1.93. The lowest BCUT2D eigenvalue weighted by molar-refractivity contribution is 0.304. The summed E-state index contributed by atoms with van der Waals surface area (Å²) < 4.78 is 56.9. The monoisotopic (exact) mass is 916 g/mol. The first kappa shape index (κ1) is 50.3. The minimum atomic E-state index is -4.54. The van der Waals surface area contributed by atoms with Gasteiger partial charge in [-0.1, -0.05) is 148 Å². The van der Waals surface area contributed by atoms with Crippen LogP contribution in [0.15, 0.2) is 119 Å². The van der Waals surface area contributed by atoms with E-state index in [1.807, 2.05) is 74.8 Å². The smallest absolute Gasteiger partial charge is 0.295 e. The number of fused-ring (bicyclic) bond motifs is 2. The molecule has 1 N–H and O–H groups in total. The van der Waals surface area contributed by atoms with Gasteiger partial charge in [-0.3, -0.25) is 4.55 Å². The molecule has 354 valence electrons.